The molecule has 1 fully saturated rings. The van der Waals surface area contributed by atoms with E-state index in [9.17, 15) is 19.3 Å². The van der Waals surface area contributed by atoms with Gasteiger partial charge in [-0.3, -0.25) is 14.9 Å². The van der Waals surface area contributed by atoms with Gasteiger partial charge in [0.15, 0.2) is 0 Å². The van der Waals surface area contributed by atoms with Crippen molar-refractivity contribution in [2.75, 3.05) is 5.32 Å². The highest BCUT2D eigenvalue weighted by atomic mass is 19.1. The quantitative estimate of drug-likeness (QED) is 0.508. The standard InChI is InChI=1S/C14H18FN3O3/c15-11-7-6-9(18(20)21)8-13(11)17-14(19)10-4-2-1-3-5-12(10)16/h6-8,10,12H,1-5,16H2,(H,17,19). The predicted molar refractivity (Wildman–Crippen MR) is 76.2 cm³/mol. The maximum Gasteiger partial charge on any atom is 0.271 e. The molecule has 0 bridgehead atoms. The van der Waals surface area contributed by atoms with E-state index in [1.165, 1.54) is 0 Å². The highest BCUT2D eigenvalue weighted by Crippen LogP contribution is 2.26. The molecule has 7 heteroatoms. The van der Waals surface area contributed by atoms with E-state index >= 15 is 0 Å². The largest absolute Gasteiger partial charge is 0.327 e. The zero-order valence-corrected chi connectivity index (χ0v) is 11.5. The van der Waals surface area contributed by atoms with Crippen molar-refractivity contribution in [1.29, 1.82) is 0 Å². The fraction of sp³-hybridized carbons (Fsp3) is 0.500. The second kappa shape index (κ2) is 6.62. The first-order chi connectivity index (χ1) is 9.99. The number of rotatable bonds is 3. The molecule has 1 amide bonds. The van der Waals surface area contributed by atoms with Crippen LogP contribution < -0.4 is 11.1 Å². The van der Waals surface area contributed by atoms with Crippen molar-refractivity contribution in [3.8, 4) is 0 Å². The van der Waals surface area contributed by atoms with Crippen molar-refractivity contribution >= 4 is 17.3 Å². The van der Waals surface area contributed by atoms with Crippen LogP contribution >= 0.6 is 0 Å². The molecule has 21 heavy (non-hydrogen) atoms. The molecule has 1 aliphatic rings. The first kappa shape index (κ1) is 15.4. The van der Waals surface area contributed by atoms with E-state index in [1.807, 2.05) is 0 Å². The number of carbonyl (C=O) groups excluding carboxylic acids is 1. The Morgan fingerprint density at radius 1 is 1.33 bits per heavy atom. The number of nitro benzene ring substituents is 1. The molecule has 0 aromatic heterocycles. The smallest absolute Gasteiger partial charge is 0.271 e. The van der Waals surface area contributed by atoms with Crippen LogP contribution in [0.5, 0.6) is 0 Å². The lowest BCUT2D eigenvalue weighted by molar-refractivity contribution is -0.384. The maximum absolute atomic E-state index is 13.7. The van der Waals surface area contributed by atoms with Gasteiger partial charge in [0.1, 0.15) is 5.82 Å². The summed E-state index contributed by atoms with van der Waals surface area (Å²) in [5, 5.41) is 13.1. The number of benzene rings is 1. The van der Waals surface area contributed by atoms with Crippen LogP contribution in [-0.2, 0) is 4.79 Å². The topological polar surface area (TPSA) is 98.3 Å². The van der Waals surface area contributed by atoms with E-state index < -0.39 is 10.7 Å². The molecule has 0 aliphatic heterocycles. The van der Waals surface area contributed by atoms with Crippen molar-refractivity contribution < 1.29 is 14.1 Å². The van der Waals surface area contributed by atoms with Crippen LogP contribution in [0.25, 0.3) is 0 Å². The van der Waals surface area contributed by atoms with Gasteiger partial charge in [0.2, 0.25) is 5.91 Å². The molecule has 0 spiro atoms. The summed E-state index contributed by atoms with van der Waals surface area (Å²) in [7, 11) is 0. The summed E-state index contributed by atoms with van der Waals surface area (Å²) in [6.45, 7) is 0. The first-order valence-corrected chi connectivity index (χ1v) is 6.99. The minimum absolute atomic E-state index is 0.175. The molecule has 2 rings (SSSR count). The number of nitrogens with two attached hydrogens (primary N) is 1. The Morgan fingerprint density at radius 2 is 2.05 bits per heavy atom. The molecule has 0 heterocycles. The van der Waals surface area contributed by atoms with Crippen molar-refractivity contribution in [2.45, 2.75) is 38.1 Å². The predicted octanol–water partition coefficient (Wildman–Crippen LogP) is 2.58. The molecular formula is C14H18FN3O3. The van der Waals surface area contributed by atoms with Crippen LogP contribution in [0.2, 0.25) is 0 Å². The van der Waals surface area contributed by atoms with Gasteiger partial charge in [0, 0.05) is 18.2 Å². The summed E-state index contributed by atoms with van der Waals surface area (Å²) in [5.41, 5.74) is 5.54. The summed E-state index contributed by atoms with van der Waals surface area (Å²) in [6, 6.07) is 2.80. The lowest BCUT2D eigenvalue weighted by Gasteiger charge is -2.20. The fourth-order valence-electron chi connectivity index (χ4n) is 2.61. The second-order valence-electron chi connectivity index (χ2n) is 5.32. The molecule has 1 aliphatic carbocycles. The van der Waals surface area contributed by atoms with Crippen LogP contribution in [-0.4, -0.2) is 16.9 Å². The number of anilines is 1. The molecule has 2 unspecified atom stereocenters. The SMILES string of the molecule is NC1CCCCCC1C(=O)Nc1cc([N+](=O)[O-])ccc1F. The number of amides is 1. The lowest BCUT2D eigenvalue weighted by Crippen LogP contribution is -2.38. The third kappa shape index (κ3) is 3.75. The van der Waals surface area contributed by atoms with E-state index in [4.69, 9.17) is 5.73 Å². The van der Waals surface area contributed by atoms with Crippen LogP contribution in [0.3, 0.4) is 0 Å². The number of nitrogens with one attached hydrogen (secondary N) is 1. The maximum atomic E-state index is 13.7. The van der Waals surface area contributed by atoms with Crippen molar-refractivity contribution in [3.05, 3.63) is 34.1 Å². The van der Waals surface area contributed by atoms with Gasteiger partial charge in [-0.1, -0.05) is 19.3 Å². The first-order valence-electron chi connectivity index (χ1n) is 6.99. The van der Waals surface area contributed by atoms with Gasteiger partial charge < -0.3 is 11.1 Å². The molecular weight excluding hydrogens is 277 g/mol. The van der Waals surface area contributed by atoms with Gasteiger partial charge in [-0.15, -0.1) is 0 Å². The normalized spacial score (nSPS) is 22.4. The van der Waals surface area contributed by atoms with Crippen molar-refractivity contribution in [1.82, 2.24) is 0 Å². The molecule has 6 nitrogen and oxygen atoms in total. The number of nitro groups is 1. The van der Waals surface area contributed by atoms with Crippen LogP contribution in [0.15, 0.2) is 18.2 Å². The number of carbonyl (C=O) groups is 1. The number of hydrogen-bond donors (Lipinski definition) is 2. The molecule has 2 atom stereocenters. The molecule has 3 N–H and O–H groups in total. The Morgan fingerprint density at radius 3 is 2.76 bits per heavy atom. The van der Waals surface area contributed by atoms with Gasteiger partial charge in [0.25, 0.3) is 5.69 Å². The summed E-state index contributed by atoms with van der Waals surface area (Å²) < 4.78 is 13.7. The Bertz CT molecular complexity index is 550. The average Bonchev–Trinajstić information content (AvgIpc) is 2.65. The molecule has 1 saturated carbocycles. The lowest BCUT2D eigenvalue weighted by atomic mass is 9.94. The van der Waals surface area contributed by atoms with Crippen molar-refractivity contribution in [3.63, 3.8) is 0 Å². The molecule has 1 aromatic carbocycles. The second-order valence-corrected chi connectivity index (χ2v) is 5.32. The summed E-state index contributed by atoms with van der Waals surface area (Å²) in [4.78, 5) is 22.3. The highest BCUT2D eigenvalue weighted by molar-refractivity contribution is 5.93. The molecule has 114 valence electrons. The fourth-order valence-corrected chi connectivity index (χ4v) is 2.61. The minimum atomic E-state index is -0.698. The summed E-state index contributed by atoms with van der Waals surface area (Å²) in [5.74, 6) is -1.45. The third-order valence-electron chi connectivity index (χ3n) is 3.82. The summed E-state index contributed by atoms with van der Waals surface area (Å²) >= 11 is 0. The Balaban J connectivity index is 2.14. The van der Waals surface area contributed by atoms with Gasteiger partial charge in [-0.25, -0.2) is 4.39 Å². The van der Waals surface area contributed by atoms with Crippen LogP contribution in [0.1, 0.15) is 32.1 Å². The number of non-ortho nitro benzene ring substituents is 1. The Kier molecular flexibility index (Phi) is 4.85. The molecule has 0 saturated heterocycles. The minimum Gasteiger partial charge on any atom is -0.327 e. The van der Waals surface area contributed by atoms with E-state index in [2.05, 4.69) is 5.32 Å². The molecule has 0 radical (unpaired) electrons. The van der Waals surface area contributed by atoms with E-state index in [0.717, 1.165) is 43.9 Å². The highest BCUT2D eigenvalue weighted by Gasteiger charge is 2.27. The van der Waals surface area contributed by atoms with Gasteiger partial charge >= 0.3 is 0 Å². The van der Waals surface area contributed by atoms with E-state index in [0.29, 0.717) is 6.42 Å². The third-order valence-corrected chi connectivity index (χ3v) is 3.82. The van der Waals surface area contributed by atoms with E-state index in [-0.39, 0.29) is 29.2 Å². The average molecular weight is 295 g/mol. The number of nitrogens with zero attached hydrogens (tertiary/aromatic N) is 1. The summed E-state index contributed by atoms with van der Waals surface area (Å²) in [6.07, 6.45) is 4.33. The van der Waals surface area contributed by atoms with E-state index in [1.54, 1.807) is 0 Å². The van der Waals surface area contributed by atoms with Crippen LogP contribution in [0.4, 0.5) is 15.8 Å². The zero-order chi connectivity index (χ0) is 15.4. The van der Waals surface area contributed by atoms with Crippen molar-refractivity contribution in [2.24, 2.45) is 11.7 Å². The Labute approximate surface area is 121 Å². The zero-order valence-electron chi connectivity index (χ0n) is 11.5. The monoisotopic (exact) mass is 295 g/mol. The number of hydrogen-bond acceptors (Lipinski definition) is 4. The Hall–Kier alpha value is -2.02. The molecule has 1 aromatic rings. The van der Waals surface area contributed by atoms with Crippen LogP contribution in [0, 0.1) is 21.8 Å². The van der Waals surface area contributed by atoms with Gasteiger partial charge in [-0.2, -0.15) is 0 Å². The van der Waals surface area contributed by atoms with Gasteiger partial charge in [-0.05, 0) is 18.9 Å². The van der Waals surface area contributed by atoms with Gasteiger partial charge in [0.05, 0.1) is 16.5 Å². The number of halogens is 1.